The summed E-state index contributed by atoms with van der Waals surface area (Å²) in [5.74, 6) is -1.40. The van der Waals surface area contributed by atoms with Crippen LogP contribution in [0.3, 0.4) is 0 Å². The second kappa shape index (κ2) is 8.49. The van der Waals surface area contributed by atoms with Gasteiger partial charge in [-0.2, -0.15) is 0 Å². The fraction of sp³-hybridized carbons (Fsp3) is 0.368. The SMILES string of the molecule is O=C(O)CCc1cc(F)c(OCc2cccnc2SCC2CC2)c(F)c1. The van der Waals surface area contributed by atoms with Crippen LogP contribution in [0.15, 0.2) is 35.5 Å². The monoisotopic (exact) mass is 379 g/mol. The minimum atomic E-state index is -1.01. The Hall–Kier alpha value is -2.15. The van der Waals surface area contributed by atoms with Crippen LogP contribution in [0.1, 0.15) is 30.4 Å². The molecule has 0 atom stereocenters. The molecule has 2 aromatic rings. The third-order valence-electron chi connectivity index (χ3n) is 4.06. The fourth-order valence-electron chi connectivity index (χ4n) is 2.44. The van der Waals surface area contributed by atoms with Gasteiger partial charge in [0.25, 0.3) is 0 Å². The van der Waals surface area contributed by atoms with Gasteiger partial charge >= 0.3 is 5.97 Å². The number of carbonyl (C=O) groups is 1. The zero-order valence-corrected chi connectivity index (χ0v) is 14.9. The molecule has 1 heterocycles. The number of halogens is 2. The Kier molecular flexibility index (Phi) is 6.08. The van der Waals surface area contributed by atoms with E-state index in [2.05, 4.69) is 4.98 Å². The number of thioether (sulfide) groups is 1. The Morgan fingerprint density at radius 1 is 1.31 bits per heavy atom. The summed E-state index contributed by atoms with van der Waals surface area (Å²) in [6.07, 6.45) is 4.06. The van der Waals surface area contributed by atoms with Crippen LogP contribution in [0.2, 0.25) is 0 Å². The molecule has 0 bridgehead atoms. The lowest BCUT2D eigenvalue weighted by atomic mass is 10.1. The van der Waals surface area contributed by atoms with Crippen LogP contribution in [0, 0.1) is 17.6 Å². The lowest BCUT2D eigenvalue weighted by molar-refractivity contribution is -0.136. The summed E-state index contributed by atoms with van der Waals surface area (Å²) < 4.78 is 33.7. The maximum absolute atomic E-state index is 14.2. The number of ether oxygens (including phenoxy) is 1. The van der Waals surface area contributed by atoms with Crippen molar-refractivity contribution in [1.29, 1.82) is 0 Å². The highest BCUT2D eigenvalue weighted by atomic mass is 32.2. The first kappa shape index (κ1) is 18.6. The number of nitrogens with zero attached hydrogens (tertiary/aromatic N) is 1. The molecule has 3 rings (SSSR count). The van der Waals surface area contributed by atoms with Gasteiger partial charge in [0, 0.05) is 23.9 Å². The minimum absolute atomic E-state index is 0.0170. The van der Waals surface area contributed by atoms with E-state index in [4.69, 9.17) is 9.84 Å². The molecular formula is C19H19F2NO3S. The Bertz CT molecular complexity index is 773. The van der Waals surface area contributed by atoms with Gasteiger partial charge in [-0.25, -0.2) is 13.8 Å². The van der Waals surface area contributed by atoms with E-state index < -0.39 is 23.4 Å². The highest BCUT2D eigenvalue weighted by Gasteiger charge is 2.22. The van der Waals surface area contributed by atoms with Gasteiger partial charge in [-0.15, -0.1) is 11.8 Å². The van der Waals surface area contributed by atoms with E-state index in [9.17, 15) is 13.6 Å². The van der Waals surface area contributed by atoms with Gasteiger partial charge in [0.05, 0.1) is 0 Å². The molecule has 0 saturated heterocycles. The quantitative estimate of drug-likeness (QED) is 0.652. The van der Waals surface area contributed by atoms with E-state index in [0.29, 0.717) is 0 Å². The standard InChI is InChI=1S/C19H19F2NO3S/c20-15-8-13(5-6-17(23)24)9-16(21)18(15)25-10-14-2-1-7-22-19(14)26-11-12-3-4-12/h1-2,7-9,12H,3-6,10-11H2,(H,23,24). The molecule has 1 fully saturated rings. The zero-order chi connectivity index (χ0) is 18.5. The molecule has 0 aliphatic heterocycles. The molecule has 0 radical (unpaired) electrons. The summed E-state index contributed by atoms with van der Waals surface area (Å²) in [6, 6.07) is 5.83. The first-order chi connectivity index (χ1) is 12.5. The van der Waals surface area contributed by atoms with Crippen LogP contribution in [0.25, 0.3) is 0 Å². The van der Waals surface area contributed by atoms with E-state index in [1.54, 1.807) is 24.0 Å². The average molecular weight is 379 g/mol. The fourth-order valence-corrected chi connectivity index (χ4v) is 3.62. The van der Waals surface area contributed by atoms with E-state index in [1.165, 1.54) is 12.8 Å². The number of aryl methyl sites for hydroxylation is 1. The summed E-state index contributed by atoms with van der Waals surface area (Å²) in [5, 5.41) is 9.48. The van der Waals surface area contributed by atoms with Crippen molar-refractivity contribution in [3.05, 3.63) is 53.2 Å². The molecule has 0 unspecified atom stereocenters. The van der Waals surface area contributed by atoms with Gasteiger partial charge in [-0.3, -0.25) is 4.79 Å². The third-order valence-corrected chi connectivity index (χ3v) is 5.34. The topological polar surface area (TPSA) is 59.4 Å². The number of hydrogen-bond acceptors (Lipinski definition) is 4. The largest absolute Gasteiger partial charge is 0.483 e. The number of rotatable bonds is 9. The number of aromatic nitrogens is 1. The first-order valence-corrected chi connectivity index (χ1v) is 9.40. The number of carboxylic acids is 1. The molecule has 1 aliphatic rings. The van der Waals surface area contributed by atoms with Crippen molar-refractivity contribution in [3.63, 3.8) is 0 Å². The molecule has 1 aromatic carbocycles. The van der Waals surface area contributed by atoms with Crippen LogP contribution in [-0.2, 0) is 17.8 Å². The van der Waals surface area contributed by atoms with E-state index in [1.807, 2.05) is 6.07 Å². The van der Waals surface area contributed by atoms with Crippen LogP contribution < -0.4 is 4.74 Å². The Labute approximate surface area is 154 Å². The Morgan fingerprint density at radius 2 is 2.04 bits per heavy atom. The van der Waals surface area contributed by atoms with Crippen LogP contribution in [-0.4, -0.2) is 21.8 Å². The van der Waals surface area contributed by atoms with Crippen molar-refractivity contribution in [2.24, 2.45) is 5.92 Å². The second-order valence-corrected chi connectivity index (χ2v) is 7.30. The summed E-state index contributed by atoms with van der Waals surface area (Å²) in [7, 11) is 0. The first-order valence-electron chi connectivity index (χ1n) is 8.42. The lowest BCUT2D eigenvalue weighted by Crippen LogP contribution is -2.04. The molecule has 1 N–H and O–H groups in total. The molecule has 138 valence electrons. The summed E-state index contributed by atoms with van der Waals surface area (Å²) in [6.45, 7) is 0.0170. The highest BCUT2D eigenvalue weighted by Crippen LogP contribution is 2.35. The van der Waals surface area contributed by atoms with Crippen LogP contribution in [0.5, 0.6) is 5.75 Å². The van der Waals surface area contributed by atoms with E-state index in [-0.39, 0.29) is 25.0 Å². The molecule has 1 aromatic heterocycles. The zero-order valence-electron chi connectivity index (χ0n) is 14.1. The third kappa shape index (κ3) is 5.17. The normalized spacial score (nSPS) is 13.6. The lowest BCUT2D eigenvalue weighted by Gasteiger charge is -2.12. The average Bonchev–Trinajstić information content (AvgIpc) is 3.42. The van der Waals surface area contributed by atoms with Crippen molar-refractivity contribution < 1.29 is 23.4 Å². The molecule has 4 nitrogen and oxygen atoms in total. The van der Waals surface area contributed by atoms with Crippen molar-refractivity contribution in [3.8, 4) is 5.75 Å². The van der Waals surface area contributed by atoms with Gasteiger partial charge in [-0.1, -0.05) is 6.07 Å². The predicted molar refractivity (Wildman–Crippen MR) is 94.3 cm³/mol. The van der Waals surface area contributed by atoms with Gasteiger partial charge in [0.2, 0.25) is 0 Å². The maximum Gasteiger partial charge on any atom is 0.303 e. The van der Waals surface area contributed by atoms with Gasteiger partial charge in [0.1, 0.15) is 11.6 Å². The smallest absolute Gasteiger partial charge is 0.303 e. The molecule has 0 spiro atoms. The van der Waals surface area contributed by atoms with Crippen LogP contribution >= 0.6 is 11.8 Å². The second-order valence-electron chi connectivity index (χ2n) is 6.29. The number of benzene rings is 1. The van der Waals surface area contributed by atoms with E-state index in [0.717, 1.165) is 34.4 Å². The number of pyridine rings is 1. The van der Waals surface area contributed by atoms with Gasteiger partial charge in [0.15, 0.2) is 17.4 Å². The van der Waals surface area contributed by atoms with Crippen molar-refractivity contribution in [2.75, 3.05) is 5.75 Å². The van der Waals surface area contributed by atoms with E-state index >= 15 is 0 Å². The molecule has 26 heavy (non-hydrogen) atoms. The molecule has 1 aliphatic carbocycles. The van der Waals surface area contributed by atoms with Gasteiger partial charge < -0.3 is 9.84 Å². The number of hydrogen-bond donors (Lipinski definition) is 1. The molecule has 7 heteroatoms. The number of aliphatic carboxylic acids is 1. The van der Waals surface area contributed by atoms with Crippen molar-refractivity contribution in [2.45, 2.75) is 37.3 Å². The molecule has 1 saturated carbocycles. The van der Waals surface area contributed by atoms with Crippen molar-refractivity contribution in [1.82, 2.24) is 4.98 Å². The maximum atomic E-state index is 14.2. The molecular weight excluding hydrogens is 360 g/mol. The number of carboxylic acid groups (broad SMARTS) is 1. The summed E-state index contributed by atoms with van der Waals surface area (Å²) in [5.41, 5.74) is 1.07. The van der Waals surface area contributed by atoms with Crippen molar-refractivity contribution >= 4 is 17.7 Å². The highest BCUT2D eigenvalue weighted by molar-refractivity contribution is 7.99. The Balaban J connectivity index is 1.66. The van der Waals surface area contributed by atoms with Gasteiger partial charge in [-0.05, 0) is 48.9 Å². The Morgan fingerprint density at radius 3 is 2.69 bits per heavy atom. The minimum Gasteiger partial charge on any atom is -0.483 e. The molecule has 0 amide bonds. The van der Waals surface area contributed by atoms with Crippen LogP contribution in [0.4, 0.5) is 8.78 Å². The summed E-state index contributed by atoms with van der Waals surface area (Å²) >= 11 is 1.64. The summed E-state index contributed by atoms with van der Waals surface area (Å²) in [4.78, 5) is 14.9. The predicted octanol–water partition coefficient (Wildman–Crippen LogP) is 4.46.